The van der Waals surface area contributed by atoms with Gasteiger partial charge in [0.1, 0.15) is 5.41 Å². The summed E-state index contributed by atoms with van der Waals surface area (Å²) in [5.74, 6) is 0.980. The normalized spacial score (nSPS) is 26.3. The molecule has 0 atom stereocenters. The quantitative estimate of drug-likeness (QED) is 0.738. The summed E-state index contributed by atoms with van der Waals surface area (Å²) in [6.07, 6.45) is 2.06. The van der Waals surface area contributed by atoms with Gasteiger partial charge in [-0.1, -0.05) is 13.8 Å². The molecule has 2 rings (SSSR count). The second kappa shape index (κ2) is 5.72. The molecule has 0 aromatic carbocycles. The van der Waals surface area contributed by atoms with Gasteiger partial charge in [-0.3, -0.25) is 4.79 Å². The molecule has 0 aliphatic carbocycles. The van der Waals surface area contributed by atoms with Crippen LogP contribution in [0.2, 0.25) is 0 Å². The highest BCUT2D eigenvalue weighted by atomic mass is 32.2. The molecule has 2 fully saturated rings. The fourth-order valence-electron chi connectivity index (χ4n) is 2.62. The number of nitrogens with zero attached hydrogens (tertiary/aromatic N) is 2. The van der Waals surface area contributed by atoms with Crippen LogP contribution in [0.3, 0.4) is 0 Å². The number of rotatable bonds is 1. The summed E-state index contributed by atoms with van der Waals surface area (Å²) in [6, 6.07) is 2.28. The van der Waals surface area contributed by atoms with Crippen LogP contribution >= 0.6 is 11.8 Å². The van der Waals surface area contributed by atoms with Crippen LogP contribution in [0.15, 0.2) is 0 Å². The molecule has 0 unspecified atom stereocenters. The van der Waals surface area contributed by atoms with Gasteiger partial charge in [-0.05, 0) is 19.3 Å². The predicted octanol–water partition coefficient (Wildman–Crippen LogP) is 2.05. The first-order valence-corrected chi connectivity index (χ1v) is 7.90. The van der Waals surface area contributed by atoms with E-state index in [1.165, 1.54) is 0 Å². The van der Waals surface area contributed by atoms with Crippen molar-refractivity contribution in [3.8, 4) is 6.07 Å². The summed E-state index contributed by atoms with van der Waals surface area (Å²) >= 11 is 1.91. The zero-order chi connectivity index (χ0) is 13.9. The molecule has 0 aromatic heterocycles. The smallest absolute Gasteiger partial charge is 0.243 e. The molecule has 2 aliphatic rings. The predicted molar refractivity (Wildman–Crippen MR) is 75.8 cm³/mol. The van der Waals surface area contributed by atoms with E-state index in [9.17, 15) is 10.1 Å². The number of ether oxygens (including phenoxy) is 1. The minimum absolute atomic E-state index is 0.0246. The summed E-state index contributed by atoms with van der Waals surface area (Å²) < 4.78 is 5.52. The van der Waals surface area contributed by atoms with Crippen molar-refractivity contribution in [1.29, 1.82) is 5.26 Å². The second-order valence-corrected chi connectivity index (χ2v) is 7.76. The molecular formula is C14H22N2O2S. The molecule has 0 spiro atoms. The number of carbonyl (C=O) groups excluding carboxylic acids is 1. The molecule has 2 aliphatic heterocycles. The molecule has 1 amide bonds. The molecule has 19 heavy (non-hydrogen) atoms. The van der Waals surface area contributed by atoms with E-state index in [-0.39, 0.29) is 10.7 Å². The van der Waals surface area contributed by atoms with Gasteiger partial charge in [0, 0.05) is 36.8 Å². The molecule has 0 bridgehead atoms. The Balaban J connectivity index is 2.08. The van der Waals surface area contributed by atoms with Crippen molar-refractivity contribution < 1.29 is 9.53 Å². The average Bonchev–Trinajstić information content (AvgIpc) is 2.59. The van der Waals surface area contributed by atoms with Gasteiger partial charge in [0.15, 0.2) is 0 Å². The van der Waals surface area contributed by atoms with Crippen molar-refractivity contribution in [2.45, 2.75) is 37.9 Å². The number of nitriles is 1. The summed E-state index contributed by atoms with van der Waals surface area (Å²) in [6.45, 7) is 7.02. The minimum Gasteiger partial charge on any atom is -0.381 e. The summed E-state index contributed by atoms with van der Waals surface area (Å²) in [7, 11) is 0. The number of hydrogen-bond acceptors (Lipinski definition) is 4. The van der Waals surface area contributed by atoms with Crippen LogP contribution in [-0.4, -0.2) is 47.6 Å². The maximum Gasteiger partial charge on any atom is 0.243 e. The van der Waals surface area contributed by atoms with Crippen molar-refractivity contribution in [2.75, 3.05) is 32.1 Å². The summed E-state index contributed by atoms with van der Waals surface area (Å²) in [5.41, 5.74) is -0.836. The Morgan fingerprint density at radius 3 is 2.58 bits per heavy atom. The van der Waals surface area contributed by atoms with Crippen molar-refractivity contribution in [2.24, 2.45) is 5.41 Å². The zero-order valence-electron chi connectivity index (χ0n) is 11.8. The third-order valence-corrected chi connectivity index (χ3v) is 5.47. The monoisotopic (exact) mass is 282 g/mol. The largest absolute Gasteiger partial charge is 0.381 e. The highest BCUT2D eigenvalue weighted by molar-refractivity contribution is 8.00. The van der Waals surface area contributed by atoms with Gasteiger partial charge in [0.05, 0.1) is 6.07 Å². The van der Waals surface area contributed by atoms with E-state index >= 15 is 0 Å². The van der Waals surface area contributed by atoms with Crippen molar-refractivity contribution in [3.63, 3.8) is 0 Å². The van der Waals surface area contributed by atoms with E-state index in [1.807, 2.05) is 16.7 Å². The Morgan fingerprint density at radius 1 is 1.26 bits per heavy atom. The fourth-order valence-corrected chi connectivity index (χ4v) is 3.72. The lowest BCUT2D eigenvalue weighted by Gasteiger charge is -2.34. The van der Waals surface area contributed by atoms with Gasteiger partial charge in [0.25, 0.3) is 0 Å². The van der Waals surface area contributed by atoms with Crippen LogP contribution < -0.4 is 0 Å². The van der Waals surface area contributed by atoms with Gasteiger partial charge >= 0.3 is 0 Å². The fraction of sp³-hybridized carbons (Fsp3) is 0.857. The Labute approximate surface area is 119 Å². The Morgan fingerprint density at radius 2 is 1.95 bits per heavy atom. The molecular weight excluding hydrogens is 260 g/mol. The summed E-state index contributed by atoms with van der Waals surface area (Å²) in [5, 5.41) is 9.46. The maximum atomic E-state index is 12.7. The second-order valence-electron chi connectivity index (χ2n) is 5.96. The minimum atomic E-state index is -0.836. The summed E-state index contributed by atoms with van der Waals surface area (Å²) in [4.78, 5) is 14.6. The van der Waals surface area contributed by atoms with Crippen LogP contribution in [0.25, 0.3) is 0 Å². The lowest BCUT2D eigenvalue weighted by atomic mass is 9.80. The van der Waals surface area contributed by atoms with Crippen molar-refractivity contribution >= 4 is 17.7 Å². The molecule has 0 saturated carbocycles. The van der Waals surface area contributed by atoms with Crippen LogP contribution in [0, 0.1) is 16.7 Å². The van der Waals surface area contributed by atoms with Crippen LogP contribution in [0.4, 0.5) is 0 Å². The topological polar surface area (TPSA) is 53.3 Å². The third kappa shape index (κ3) is 3.24. The number of carbonyl (C=O) groups is 1. The third-order valence-electron chi connectivity index (χ3n) is 4.09. The van der Waals surface area contributed by atoms with Crippen molar-refractivity contribution in [1.82, 2.24) is 4.90 Å². The molecule has 5 heteroatoms. The van der Waals surface area contributed by atoms with Gasteiger partial charge in [-0.25, -0.2) is 0 Å². The van der Waals surface area contributed by atoms with Crippen LogP contribution in [-0.2, 0) is 9.53 Å². The number of thioether (sulfide) groups is 1. The lowest BCUT2D eigenvalue weighted by molar-refractivity contribution is -0.143. The molecule has 4 nitrogen and oxygen atoms in total. The first kappa shape index (κ1) is 14.7. The van der Waals surface area contributed by atoms with E-state index < -0.39 is 5.41 Å². The van der Waals surface area contributed by atoms with Gasteiger partial charge in [-0.15, -0.1) is 0 Å². The molecule has 0 N–H and O–H groups in total. The molecule has 0 aromatic rings. The molecule has 106 valence electrons. The number of hydrogen-bond donors (Lipinski definition) is 0. The highest BCUT2D eigenvalue weighted by Crippen LogP contribution is 2.35. The van der Waals surface area contributed by atoms with Crippen LogP contribution in [0.5, 0.6) is 0 Å². The molecule has 2 saturated heterocycles. The Bertz CT molecular complexity index is 383. The van der Waals surface area contributed by atoms with E-state index in [2.05, 4.69) is 19.9 Å². The van der Waals surface area contributed by atoms with E-state index in [0.29, 0.717) is 26.1 Å². The Kier molecular flexibility index (Phi) is 4.42. The van der Waals surface area contributed by atoms with Gasteiger partial charge in [-0.2, -0.15) is 17.0 Å². The average molecular weight is 282 g/mol. The van der Waals surface area contributed by atoms with Crippen molar-refractivity contribution in [3.05, 3.63) is 0 Å². The maximum absolute atomic E-state index is 12.7. The highest BCUT2D eigenvalue weighted by Gasteiger charge is 2.43. The van der Waals surface area contributed by atoms with E-state index in [4.69, 9.17) is 4.74 Å². The van der Waals surface area contributed by atoms with Gasteiger partial charge < -0.3 is 9.64 Å². The molecule has 2 heterocycles. The van der Waals surface area contributed by atoms with E-state index in [0.717, 1.165) is 25.3 Å². The Hall–Kier alpha value is -0.730. The SMILES string of the molecule is CC1(C)CCN(C(=O)C2(C#N)CCOCC2)CCS1. The lowest BCUT2D eigenvalue weighted by Crippen LogP contribution is -2.47. The zero-order valence-corrected chi connectivity index (χ0v) is 12.6. The van der Waals surface area contributed by atoms with Gasteiger partial charge in [0.2, 0.25) is 5.91 Å². The standard InChI is InChI=1S/C14H22N2O2S/c1-13(2)3-6-16(7-10-19-13)12(17)14(11-15)4-8-18-9-5-14/h3-10H2,1-2H3. The van der Waals surface area contributed by atoms with Crippen LogP contribution in [0.1, 0.15) is 33.1 Å². The first-order chi connectivity index (χ1) is 8.99. The first-order valence-electron chi connectivity index (χ1n) is 6.91. The number of amides is 1. The van der Waals surface area contributed by atoms with E-state index in [1.54, 1.807) is 0 Å². The molecule has 0 radical (unpaired) electrons.